The summed E-state index contributed by atoms with van der Waals surface area (Å²) in [6.07, 6.45) is 1.53. The maximum absolute atomic E-state index is 12.4. The Morgan fingerprint density at radius 3 is 2.73 bits per heavy atom. The lowest BCUT2D eigenvalue weighted by Gasteiger charge is -2.11. The van der Waals surface area contributed by atoms with E-state index in [0.29, 0.717) is 5.56 Å². The molecule has 2 N–H and O–H groups in total. The molecule has 2 aromatic carbocycles. The van der Waals surface area contributed by atoms with Crippen molar-refractivity contribution in [2.45, 2.75) is 25.2 Å². The average molecular weight is 372 g/mol. The molecule has 0 spiro atoms. The zero-order valence-corrected chi connectivity index (χ0v) is 15.4. The van der Waals surface area contributed by atoms with Gasteiger partial charge in [-0.3, -0.25) is 10.2 Å². The van der Waals surface area contributed by atoms with Crippen molar-refractivity contribution in [3.05, 3.63) is 59.9 Å². The third-order valence-corrected chi connectivity index (χ3v) is 5.58. The lowest BCUT2D eigenvalue weighted by molar-refractivity contribution is -0.116. The van der Waals surface area contributed by atoms with Crippen LogP contribution in [0.4, 0.5) is 0 Å². The van der Waals surface area contributed by atoms with E-state index >= 15 is 0 Å². The zero-order chi connectivity index (χ0) is 18.7. The number of para-hydroxylation sites is 2. The molecule has 0 aliphatic heterocycles. The SMILES string of the molecule is Cc1ccc(C)c(S(=O)(=O)NCCC(=O)Nn2cnc3ccccc32)c1. The van der Waals surface area contributed by atoms with Crippen LogP contribution in [0.25, 0.3) is 11.0 Å². The van der Waals surface area contributed by atoms with Gasteiger partial charge in [-0.1, -0.05) is 24.3 Å². The first kappa shape index (κ1) is 18.1. The number of carbonyl (C=O) groups excluding carboxylic acids is 1. The van der Waals surface area contributed by atoms with Gasteiger partial charge in [0.15, 0.2) is 0 Å². The number of sulfonamides is 1. The molecule has 1 heterocycles. The van der Waals surface area contributed by atoms with Crippen molar-refractivity contribution in [3.8, 4) is 0 Å². The number of fused-ring (bicyclic) bond motifs is 1. The van der Waals surface area contributed by atoms with Crippen molar-refractivity contribution in [3.63, 3.8) is 0 Å². The number of hydrogen-bond acceptors (Lipinski definition) is 4. The van der Waals surface area contributed by atoms with Crippen molar-refractivity contribution in [2.75, 3.05) is 12.0 Å². The number of benzene rings is 2. The topological polar surface area (TPSA) is 93.1 Å². The van der Waals surface area contributed by atoms with Crippen LogP contribution in [-0.4, -0.2) is 30.5 Å². The fourth-order valence-electron chi connectivity index (χ4n) is 2.61. The Morgan fingerprint density at radius 2 is 1.92 bits per heavy atom. The highest BCUT2D eigenvalue weighted by molar-refractivity contribution is 7.89. The fourth-order valence-corrected chi connectivity index (χ4v) is 3.97. The molecule has 8 heteroatoms. The molecule has 0 unspecified atom stereocenters. The molecule has 0 aliphatic carbocycles. The number of nitrogens with zero attached hydrogens (tertiary/aromatic N) is 2. The summed E-state index contributed by atoms with van der Waals surface area (Å²) < 4.78 is 28.8. The second-order valence-electron chi connectivity index (χ2n) is 6.05. The first-order chi connectivity index (χ1) is 12.4. The lowest BCUT2D eigenvalue weighted by Crippen LogP contribution is -2.30. The summed E-state index contributed by atoms with van der Waals surface area (Å²) in [7, 11) is -3.65. The monoisotopic (exact) mass is 372 g/mol. The second kappa shape index (κ2) is 7.27. The summed E-state index contributed by atoms with van der Waals surface area (Å²) in [4.78, 5) is 16.5. The largest absolute Gasteiger partial charge is 0.273 e. The van der Waals surface area contributed by atoms with Crippen molar-refractivity contribution < 1.29 is 13.2 Å². The van der Waals surface area contributed by atoms with Crippen LogP contribution in [0.15, 0.2) is 53.7 Å². The molecule has 7 nitrogen and oxygen atoms in total. The smallest absolute Gasteiger partial charge is 0.240 e. The molecular formula is C18H20N4O3S. The van der Waals surface area contributed by atoms with Crippen LogP contribution in [0.5, 0.6) is 0 Å². The van der Waals surface area contributed by atoms with Crippen LogP contribution in [0.2, 0.25) is 0 Å². The van der Waals surface area contributed by atoms with E-state index < -0.39 is 10.0 Å². The molecule has 1 amide bonds. The van der Waals surface area contributed by atoms with Gasteiger partial charge < -0.3 is 0 Å². The zero-order valence-electron chi connectivity index (χ0n) is 14.6. The van der Waals surface area contributed by atoms with Gasteiger partial charge in [0, 0.05) is 13.0 Å². The quantitative estimate of drug-likeness (QED) is 0.693. The van der Waals surface area contributed by atoms with Crippen molar-refractivity contribution in [1.29, 1.82) is 0 Å². The first-order valence-corrected chi connectivity index (χ1v) is 9.64. The van der Waals surface area contributed by atoms with Crippen LogP contribution in [0.3, 0.4) is 0 Å². The number of aromatic nitrogens is 2. The molecule has 0 radical (unpaired) electrons. The first-order valence-electron chi connectivity index (χ1n) is 8.16. The van der Waals surface area contributed by atoms with Crippen molar-refractivity contribution in [1.82, 2.24) is 14.4 Å². The summed E-state index contributed by atoms with van der Waals surface area (Å²) >= 11 is 0. The van der Waals surface area contributed by atoms with E-state index in [1.54, 1.807) is 19.1 Å². The summed E-state index contributed by atoms with van der Waals surface area (Å²) in [5, 5.41) is 0. The number of rotatable bonds is 6. The molecule has 0 saturated heterocycles. The molecule has 0 bridgehead atoms. The van der Waals surface area contributed by atoms with Crippen LogP contribution >= 0.6 is 0 Å². The Hall–Kier alpha value is -2.71. The Morgan fingerprint density at radius 1 is 1.15 bits per heavy atom. The molecule has 3 rings (SSSR count). The van der Waals surface area contributed by atoms with Crippen molar-refractivity contribution >= 4 is 27.0 Å². The number of imidazole rings is 1. The maximum atomic E-state index is 12.4. The Balaban J connectivity index is 1.60. The van der Waals surface area contributed by atoms with E-state index in [1.165, 1.54) is 11.0 Å². The summed E-state index contributed by atoms with van der Waals surface area (Å²) in [5.41, 5.74) is 5.76. The number of hydrogen-bond donors (Lipinski definition) is 2. The average Bonchev–Trinajstić information content (AvgIpc) is 3.00. The van der Waals surface area contributed by atoms with E-state index in [0.717, 1.165) is 16.6 Å². The number of amides is 1. The predicted octanol–water partition coefficient (Wildman–Crippen LogP) is 2.09. The van der Waals surface area contributed by atoms with Gasteiger partial charge in [-0.15, -0.1) is 0 Å². The van der Waals surface area contributed by atoms with Gasteiger partial charge in [0.2, 0.25) is 15.9 Å². The maximum Gasteiger partial charge on any atom is 0.240 e. The van der Waals surface area contributed by atoms with Crippen LogP contribution < -0.4 is 10.1 Å². The van der Waals surface area contributed by atoms with Crippen LogP contribution in [0.1, 0.15) is 17.5 Å². The van der Waals surface area contributed by atoms with Gasteiger partial charge in [-0.05, 0) is 43.2 Å². The highest BCUT2D eigenvalue weighted by Crippen LogP contribution is 2.16. The highest BCUT2D eigenvalue weighted by Gasteiger charge is 2.17. The van der Waals surface area contributed by atoms with Gasteiger partial charge in [0.1, 0.15) is 6.33 Å². The predicted molar refractivity (Wildman–Crippen MR) is 99.8 cm³/mol. The van der Waals surface area contributed by atoms with E-state index in [2.05, 4.69) is 15.1 Å². The Labute approximate surface area is 152 Å². The summed E-state index contributed by atoms with van der Waals surface area (Å²) in [5.74, 6) is -0.309. The molecule has 136 valence electrons. The number of nitrogens with one attached hydrogen (secondary N) is 2. The fraction of sp³-hybridized carbons (Fsp3) is 0.222. The van der Waals surface area contributed by atoms with Gasteiger partial charge in [0.25, 0.3) is 0 Å². The van der Waals surface area contributed by atoms with Crippen LogP contribution in [0, 0.1) is 13.8 Å². The molecular weight excluding hydrogens is 352 g/mol. The van der Waals surface area contributed by atoms with Gasteiger partial charge in [-0.2, -0.15) is 0 Å². The van der Waals surface area contributed by atoms with Gasteiger partial charge >= 0.3 is 0 Å². The molecule has 0 fully saturated rings. The Kier molecular flexibility index (Phi) is 5.06. The van der Waals surface area contributed by atoms with E-state index in [4.69, 9.17) is 0 Å². The standard InChI is InChI=1S/C18H20N4O3S/c1-13-7-8-14(2)17(11-13)26(24,25)20-10-9-18(23)21-22-12-19-15-5-3-4-6-16(15)22/h3-8,11-12,20H,9-10H2,1-2H3,(H,21,23). The molecule has 0 atom stereocenters. The minimum atomic E-state index is -3.65. The molecule has 26 heavy (non-hydrogen) atoms. The Bertz CT molecular complexity index is 1060. The van der Waals surface area contributed by atoms with Gasteiger partial charge in [-0.25, -0.2) is 22.8 Å². The minimum Gasteiger partial charge on any atom is -0.273 e. The van der Waals surface area contributed by atoms with E-state index in [1.807, 2.05) is 37.3 Å². The summed E-state index contributed by atoms with van der Waals surface area (Å²) in [6.45, 7) is 3.58. The van der Waals surface area contributed by atoms with Crippen LogP contribution in [-0.2, 0) is 14.8 Å². The number of carbonyl (C=O) groups is 1. The minimum absolute atomic E-state index is 0.00811. The third-order valence-electron chi connectivity index (χ3n) is 3.98. The highest BCUT2D eigenvalue weighted by atomic mass is 32.2. The molecule has 1 aromatic heterocycles. The number of aryl methyl sites for hydroxylation is 2. The molecule has 0 saturated carbocycles. The normalized spacial score (nSPS) is 11.6. The second-order valence-corrected chi connectivity index (χ2v) is 7.79. The molecule has 0 aliphatic rings. The van der Waals surface area contributed by atoms with Crippen molar-refractivity contribution in [2.24, 2.45) is 0 Å². The summed E-state index contributed by atoms with van der Waals surface area (Å²) in [6, 6.07) is 12.6. The third kappa shape index (κ3) is 3.92. The van der Waals surface area contributed by atoms with E-state index in [-0.39, 0.29) is 23.8 Å². The van der Waals surface area contributed by atoms with Gasteiger partial charge in [0.05, 0.1) is 15.9 Å². The lowest BCUT2D eigenvalue weighted by atomic mass is 10.2. The van der Waals surface area contributed by atoms with E-state index in [9.17, 15) is 13.2 Å². The molecule has 3 aromatic rings.